The average Bonchev–Trinajstić information content (AvgIpc) is 3.28. The Kier molecular flexibility index (Phi) is 23.3. The van der Waals surface area contributed by atoms with Crippen molar-refractivity contribution < 1.29 is 55.4 Å². The molecule has 0 heterocycles. The van der Waals surface area contributed by atoms with Crippen LogP contribution in [-0.4, -0.2) is 88.1 Å². The first kappa shape index (κ1) is 51.4. The van der Waals surface area contributed by atoms with Crippen LogP contribution in [0.2, 0.25) is 12.1 Å². The monoisotopic (exact) mass is 906 g/mol. The number of phenols is 1. The minimum Gasteiger partial charge on any atom is -0.508 e. The molecule has 63 heavy (non-hydrogen) atoms. The molecule has 0 aliphatic rings. The summed E-state index contributed by atoms with van der Waals surface area (Å²) in [7, 11) is -5.42. The lowest BCUT2D eigenvalue weighted by atomic mass is 10.0. The van der Waals surface area contributed by atoms with E-state index in [1.165, 1.54) is 0 Å². The molecular formula is C49H70O12Si2. The Bertz CT molecular complexity index is 1820. The molecule has 4 rings (SSSR count). The number of hydrogen-bond acceptors (Lipinski definition) is 12. The molecule has 4 aromatic rings. The molecule has 0 radical (unpaired) electrons. The van der Waals surface area contributed by atoms with Gasteiger partial charge in [0.15, 0.2) is 0 Å². The predicted octanol–water partition coefficient (Wildman–Crippen LogP) is 11.1. The number of phenolic OH excluding ortho intramolecular Hbond substituents is 1. The number of hydrogen-bond donors (Lipinski definition) is 1. The topological polar surface area (TPSA) is 130 Å². The average molecular weight is 907 g/mol. The molecule has 1 N–H and O–H groups in total. The molecule has 0 spiro atoms. The predicted molar refractivity (Wildman–Crippen MR) is 250 cm³/mol. The molecule has 12 nitrogen and oxygen atoms in total. The third-order valence-corrected chi connectivity index (χ3v) is 16.3. The van der Waals surface area contributed by atoms with E-state index in [1.807, 2.05) is 90.1 Å². The molecule has 0 aromatic heterocycles. The minimum atomic E-state index is -2.72. The first-order chi connectivity index (χ1) is 30.7. The molecule has 0 aliphatic carbocycles. The Hall–Kier alpha value is -4.26. The molecule has 14 heteroatoms. The molecule has 0 saturated heterocycles. The highest BCUT2D eigenvalue weighted by atomic mass is 28.4. The fourth-order valence-corrected chi connectivity index (χ4v) is 12.3. The lowest BCUT2D eigenvalue weighted by Gasteiger charge is -2.28. The van der Waals surface area contributed by atoms with Gasteiger partial charge in [-0.3, -0.25) is 0 Å². The number of carbonyl (C=O) groups is 1. The van der Waals surface area contributed by atoms with Crippen molar-refractivity contribution in [2.75, 3.05) is 59.5 Å². The van der Waals surface area contributed by atoms with E-state index in [0.717, 1.165) is 66.7 Å². The highest BCUT2D eigenvalue weighted by Crippen LogP contribution is 2.28. The van der Waals surface area contributed by atoms with Crippen LogP contribution in [0.4, 0.5) is 0 Å². The van der Waals surface area contributed by atoms with Crippen LogP contribution in [0.15, 0.2) is 91.0 Å². The summed E-state index contributed by atoms with van der Waals surface area (Å²) in [5.41, 5.74) is 3.31. The summed E-state index contributed by atoms with van der Waals surface area (Å²) in [6, 6.07) is 29.2. The van der Waals surface area contributed by atoms with E-state index >= 15 is 0 Å². The summed E-state index contributed by atoms with van der Waals surface area (Å²) in [5, 5.41) is 10.5. The van der Waals surface area contributed by atoms with E-state index in [0.29, 0.717) is 95.0 Å². The van der Waals surface area contributed by atoms with Gasteiger partial charge in [-0.2, -0.15) is 0 Å². The summed E-state index contributed by atoms with van der Waals surface area (Å²) >= 11 is 0. The van der Waals surface area contributed by atoms with E-state index in [1.54, 1.807) is 42.5 Å². The Morgan fingerprint density at radius 3 is 1.35 bits per heavy atom. The first-order valence-electron chi connectivity index (χ1n) is 22.8. The highest BCUT2D eigenvalue weighted by Gasteiger charge is 2.40. The van der Waals surface area contributed by atoms with Gasteiger partial charge in [-0.15, -0.1) is 0 Å². The van der Waals surface area contributed by atoms with Crippen LogP contribution in [0.1, 0.15) is 96.0 Å². The van der Waals surface area contributed by atoms with E-state index in [9.17, 15) is 9.90 Å². The third-order valence-electron chi connectivity index (χ3n) is 9.98. The molecule has 0 unspecified atom stereocenters. The van der Waals surface area contributed by atoms with Gasteiger partial charge in [0.05, 0.1) is 25.4 Å². The van der Waals surface area contributed by atoms with Crippen LogP contribution in [-0.2, 0) is 33.0 Å². The van der Waals surface area contributed by atoms with Crippen molar-refractivity contribution in [1.82, 2.24) is 0 Å². The van der Waals surface area contributed by atoms with Gasteiger partial charge < -0.3 is 50.6 Å². The number of esters is 1. The van der Waals surface area contributed by atoms with Crippen LogP contribution in [0, 0.1) is 0 Å². The van der Waals surface area contributed by atoms with Gasteiger partial charge in [-0.1, -0.05) is 24.3 Å². The maximum atomic E-state index is 12.9. The van der Waals surface area contributed by atoms with Crippen LogP contribution in [0.25, 0.3) is 11.1 Å². The molecule has 0 amide bonds. The summed E-state index contributed by atoms with van der Waals surface area (Å²) in [6.45, 7) is 16.7. The number of carbonyl (C=O) groups excluding carboxylic acids is 1. The van der Waals surface area contributed by atoms with Gasteiger partial charge in [0.25, 0.3) is 0 Å². The summed E-state index contributed by atoms with van der Waals surface area (Å²) in [5.74, 6) is 2.53. The largest absolute Gasteiger partial charge is 0.508 e. The quantitative estimate of drug-likeness (QED) is 0.0211. The molecule has 0 saturated carbocycles. The highest BCUT2D eigenvalue weighted by molar-refractivity contribution is 6.61. The van der Waals surface area contributed by atoms with E-state index in [4.69, 9.17) is 45.5 Å². The number of rotatable bonds is 33. The Balaban J connectivity index is 1.11. The Morgan fingerprint density at radius 1 is 0.460 bits per heavy atom. The second-order valence-corrected chi connectivity index (χ2v) is 20.1. The lowest BCUT2D eigenvalue weighted by molar-refractivity contribution is 0.0692. The zero-order valence-electron chi connectivity index (χ0n) is 38.3. The number of unbranched alkanes of at least 4 members (excludes halogenated alkanes) is 3. The number of ether oxygens (including phenoxy) is 4. The molecule has 0 bridgehead atoms. The van der Waals surface area contributed by atoms with Crippen molar-refractivity contribution in [2.45, 2.75) is 98.6 Å². The summed E-state index contributed by atoms with van der Waals surface area (Å²) in [6.07, 6.45) is 6.13. The van der Waals surface area contributed by atoms with E-state index < -0.39 is 23.6 Å². The van der Waals surface area contributed by atoms with Crippen molar-refractivity contribution in [1.29, 1.82) is 0 Å². The normalized spacial score (nSPS) is 11.7. The minimum absolute atomic E-state index is 0.267. The summed E-state index contributed by atoms with van der Waals surface area (Å²) < 4.78 is 59.2. The smallest absolute Gasteiger partial charge is 0.501 e. The first-order valence-corrected chi connectivity index (χ1v) is 26.6. The molecule has 0 atom stereocenters. The van der Waals surface area contributed by atoms with Crippen LogP contribution < -0.4 is 18.9 Å². The fraction of sp³-hybridized carbons (Fsp3) is 0.490. The zero-order chi connectivity index (χ0) is 45.2. The number of aromatic hydroxyl groups is 1. The molecule has 4 aromatic carbocycles. The number of aryl methyl sites for hydroxylation is 1. The fourth-order valence-electron chi connectivity index (χ4n) is 7.08. The Morgan fingerprint density at radius 2 is 0.857 bits per heavy atom. The van der Waals surface area contributed by atoms with E-state index in [-0.39, 0.29) is 5.75 Å². The van der Waals surface area contributed by atoms with Gasteiger partial charge >= 0.3 is 23.6 Å². The molecule has 0 fully saturated rings. The van der Waals surface area contributed by atoms with Gasteiger partial charge in [-0.05, 0) is 170 Å². The van der Waals surface area contributed by atoms with Crippen molar-refractivity contribution in [2.24, 2.45) is 0 Å². The lowest BCUT2D eigenvalue weighted by Crippen LogP contribution is -2.46. The van der Waals surface area contributed by atoms with Crippen molar-refractivity contribution in [3.8, 4) is 39.9 Å². The van der Waals surface area contributed by atoms with Crippen LogP contribution >= 0.6 is 0 Å². The summed E-state index contributed by atoms with van der Waals surface area (Å²) in [4.78, 5) is 12.9. The van der Waals surface area contributed by atoms with Crippen molar-refractivity contribution in [3.05, 3.63) is 102 Å². The molecule has 0 aliphatic heterocycles. The molecule has 346 valence electrons. The Labute approximate surface area is 377 Å². The maximum absolute atomic E-state index is 12.9. The van der Waals surface area contributed by atoms with Gasteiger partial charge in [-0.25, -0.2) is 4.79 Å². The van der Waals surface area contributed by atoms with Crippen molar-refractivity contribution in [3.63, 3.8) is 0 Å². The zero-order valence-corrected chi connectivity index (χ0v) is 40.3. The molecular weight excluding hydrogens is 837 g/mol. The third kappa shape index (κ3) is 17.7. The van der Waals surface area contributed by atoms with Crippen molar-refractivity contribution >= 4 is 23.6 Å². The SMILES string of the molecule is CCO[Si](CCCOc1ccc(OC(=O)c2ccc(-c3ccc(OCCCCCCOc4ccc(O)c(CCC[Si](OCC)(OCC)OCC)c4)cc3)cc2)cc1)(OCC)OCC. The van der Waals surface area contributed by atoms with Gasteiger partial charge in [0.1, 0.15) is 28.7 Å². The van der Waals surface area contributed by atoms with E-state index in [2.05, 4.69) is 0 Å². The maximum Gasteiger partial charge on any atom is 0.501 e. The van der Waals surface area contributed by atoms with Gasteiger partial charge in [0, 0.05) is 51.7 Å². The van der Waals surface area contributed by atoms with Crippen LogP contribution in [0.5, 0.6) is 28.7 Å². The second-order valence-electron chi connectivity index (χ2n) is 14.6. The second kappa shape index (κ2) is 28.5. The van der Waals surface area contributed by atoms with Gasteiger partial charge in [0.2, 0.25) is 0 Å². The standard InChI is InChI=1S/C49H70O12Si2/c1-7-55-62(56-8-2,57-9-3)37-17-19-43-39-47(32-33-48(43)50)54-35-16-14-13-15-34-52-44-26-24-41(25-27-44)40-20-22-42(23-21-40)49(51)61-46-30-28-45(29-31-46)53-36-18-38-63(58-10-4,59-11-5)60-12-6/h20-33,39,50H,7-19,34-38H2,1-6H3. The van der Waals surface area contributed by atoms with Crippen LogP contribution in [0.3, 0.4) is 0 Å². The number of benzene rings is 4.